The number of carboxylic acids is 1. The van der Waals surface area contributed by atoms with Gasteiger partial charge in [-0.15, -0.1) is 0 Å². The van der Waals surface area contributed by atoms with Gasteiger partial charge in [0.1, 0.15) is 0 Å². The Kier molecular flexibility index (Phi) is 1.89. The molecule has 0 atom stereocenters. The van der Waals surface area contributed by atoms with E-state index in [0.29, 0.717) is 11.7 Å². The van der Waals surface area contributed by atoms with Crippen LogP contribution in [0.4, 0.5) is 0 Å². The summed E-state index contributed by atoms with van der Waals surface area (Å²) in [7, 11) is 0. The highest BCUT2D eigenvalue weighted by atomic mass is 16.4. The first-order valence-corrected chi connectivity index (χ1v) is 5.19. The Morgan fingerprint density at radius 1 is 1.44 bits per heavy atom. The summed E-state index contributed by atoms with van der Waals surface area (Å²) >= 11 is 0. The van der Waals surface area contributed by atoms with Gasteiger partial charge in [-0.2, -0.15) is 5.10 Å². The van der Waals surface area contributed by atoms with Gasteiger partial charge >= 0.3 is 5.97 Å². The fraction of sp³-hybridized carbons (Fsp3) is 0.400. The average molecular weight is 218 g/mol. The van der Waals surface area contributed by atoms with Crippen LogP contribution in [0.5, 0.6) is 0 Å². The molecule has 16 heavy (non-hydrogen) atoms. The monoisotopic (exact) mass is 218 g/mol. The summed E-state index contributed by atoms with van der Waals surface area (Å²) in [4.78, 5) is 18.6. The minimum Gasteiger partial charge on any atom is -0.475 e. The zero-order chi connectivity index (χ0) is 11.1. The van der Waals surface area contributed by atoms with Crippen LogP contribution in [-0.4, -0.2) is 30.8 Å². The molecule has 0 radical (unpaired) electrons. The number of fused-ring (bicyclic) bond motifs is 1. The highest BCUT2D eigenvalue weighted by Crippen LogP contribution is 2.32. The molecular weight excluding hydrogens is 208 g/mol. The lowest BCUT2D eigenvalue weighted by Crippen LogP contribution is -2.18. The molecule has 0 spiro atoms. The molecule has 1 saturated carbocycles. The lowest BCUT2D eigenvalue weighted by atomic mass is 9.93. The summed E-state index contributed by atoms with van der Waals surface area (Å²) in [5.41, 5.74) is 0.622. The number of aromatic carboxylic acids is 1. The lowest BCUT2D eigenvalue weighted by molar-refractivity contribution is 0.0684. The summed E-state index contributed by atoms with van der Waals surface area (Å²) in [6.07, 6.45) is 6.56. The molecule has 6 heteroatoms. The van der Waals surface area contributed by atoms with Gasteiger partial charge in [-0.1, -0.05) is 0 Å². The van der Waals surface area contributed by atoms with Crippen LogP contribution in [0.3, 0.4) is 0 Å². The van der Waals surface area contributed by atoms with Crippen molar-refractivity contribution in [3.05, 3.63) is 18.2 Å². The predicted octanol–water partition coefficient (Wildman–Crippen LogP) is 1.25. The van der Waals surface area contributed by atoms with Crippen LogP contribution in [0, 0.1) is 0 Å². The van der Waals surface area contributed by atoms with Gasteiger partial charge in [-0.3, -0.25) is 0 Å². The number of nitrogens with zero attached hydrogens (tertiary/aromatic N) is 4. The van der Waals surface area contributed by atoms with Crippen molar-refractivity contribution in [2.75, 3.05) is 0 Å². The van der Waals surface area contributed by atoms with E-state index in [-0.39, 0.29) is 5.82 Å². The topological polar surface area (TPSA) is 80.9 Å². The standard InChI is InChI=1S/C10H10N4O2/c15-10(16)8-11-4-6-5-12-14(9(6)13-8)7-2-1-3-7/h4-5,7H,1-3H2,(H,15,16). The third kappa shape index (κ3) is 1.26. The zero-order valence-electron chi connectivity index (χ0n) is 8.50. The van der Waals surface area contributed by atoms with Gasteiger partial charge in [0.2, 0.25) is 5.82 Å². The molecule has 1 fully saturated rings. The SMILES string of the molecule is O=C(O)c1ncc2cnn(C3CCC3)c2n1. The van der Waals surface area contributed by atoms with Crippen LogP contribution < -0.4 is 0 Å². The van der Waals surface area contributed by atoms with Crippen molar-refractivity contribution in [2.24, 2.45) is 0 Å². The van der Waals surface area contributed by atoms with E-state index >= 15 is 0 Å². The van der Waals surface area contributed by atoms with Gasteiger partial charge < -0.3 is 5.11 Å². The van der Waals surface area contributed by atoms with Crippen LogP contribution in [0.15, 0.2) is 12.4 Å². The molecule has 0 bridgehead atoms. The molecule has 2 heterocycles. The molecule has 2 aromatic rings. The molecule has 82 valence electrons. The van der Waals surface area contributed by atoms with E-state index in [4.69, 9.17) is 5.11 Å². The molecular formula is C10H10N4O2. The molecule has 0 saturated heterocycles. The quantitative estimate of drug-likeness (QED) is 0.820. The minimum atomic E-state index is -1.11. The summed E-state index contributed by atoms with van der Waals surface area (Å²) in [5.74, 6) is -1.28. The Morgan fingerprint density at radius 3 is 2.88 bits per heavy atom. The molecule has 3 rings (SSSR count). The average Bonchev–Trinajstić information content (AvgIpc) is 2.59. The lowest BCUT2D eigenvalue weighted by Gasteiger charge is -2.25. The first kappa shape index (κ1) is 9.26. The van der Waals surface area contributed by atoms with Crippen LogP contribution in [0.2, 0.25) is 0 Å². The van der Waals surface area contributed by atoms with Crippen molar-refractivity contribution in [3.63, 3.8) is 0 Å². The molecule has 0 unspecified atom stereocenters. The number of rotatable bonds is 2. The third-order valence-electron chi connectivity index (χ3n) is 2.95. The fourth-order valence-electron chi connectivity index (χ4n) is 1.84. The number of aromatic nitrogens is 4. The van der Waals surface area contributed by atoms with Crippen LogP contribution >= 0.6 is 0 Å². The number of carboxylic acid groups (broad SMARTS) is 1. The smallest absolute Gasteiger partial charge is 0.374 e. The first-order valence-electron chi connectivity index (χ1n) is 5.19. The highest BCUT2D eigenvalue weighted by Gasteiger charge is 2.23. The van der Waals surface area contributed by atoms with E-state index in [1.54, 1.807) is 6.20 Å². The number of hydrogen-bond acceptors (Lipinski definition) is 4. The molecule has 2 aromatic heterocycles. The number of carbonyl (C=O) groups is 1. The first-order chi connectivity index (χ1) is 7.75. The van der Waals surface area contributed by atoms with Crippen molar-refractivity contribution < 1.29 is 9.90 Å². The van der Waals surface area contributed by atoms with Crippen LogP contribution in [-0.2, 0) is 0 Å². The molecule has 6 nitrogen and oxygen atoms in total. The molecule has 0 amide bonds. The molecule has 0 aromatic carbocycles. The summed E-state index contributed by atoms with van der Waals surface area (Å²) in [5, 5.41) is 13.9. The second-order valence-electron chi connectivity index (χ2n) is 3.95. The Balaban J connectivity index is 2.15. The van der Waals surface area contributed by atoms with Gasteiger partial charge in [0.05, 0.1) is 17.6 Å². The molecule has 0 aliphatic heterocycles. The maximum Gasteiger partial charge on any atom is 0.374 e. The normalized spacial score (nSPS) is 16.2. The number of hydrogen-bond donors (Lipinski definition) is 1. The second-order valence-corrected chi connectivity index (χ2v) is 3.95. The van der Waals surface area contributed by atoms with Crippen LogP contribution in [0.25, 0.3) is 11.0 Å². The van der Waals surface area contributed by atoms with Gasteiger partial charge in [0.15, 0.2) is 5.65 Å². The summed E-state index contributed by atoms with van der Waals surface area (Å²) in [6, 6.07) is 0.369. The summed E-state index contributed by atoms with van der Waals surface area (Å²) in [6.45, 7) is 0. The van der Waals surface area contributed by atoms with Gasteiger partial charge in [-0.25, -0.2) is 19.4 Å². The Bertz CT molecular complexity index is 559. The van der Waals surface area contributed by atoms with E-state index in [1.165, 1.54) is 12.6 Å². The van der Waals surface area contributed by atoms with E-state index in [9.17, 15) is 4.79 Å². The van der Waals surface area contributed by atoms with Gasteiger partial charge in [0, 0.05) is 6.20 Å². The van der Waals surface area contributed by atoms with Crippen molar-refractivity contribution in [1.29, 1.82) is 0 Å². The largest absolute Gasteiger partial charge is 0.475 e. The highest BCUT2D eigenvalue weighted by molar-refractivity contribution is 5.86. The van der Waals surface area contributed by atoms with E-state index in [0.717, 1.165) is 18.2 Å². The zero-order valence-corrected chi connectivity index (χ0v) is 8.50. The third-order valence-corrected chi connectivity index (χ3v) is 2.95. The molecule has 1 aliphatic rings. The second kappa shape index (κ2) is 3.26. The Labute approximate surface area is 90.9 Å². The Morgan fingerprint density at radius 2 is 2.25 bits per heavy atom. The van der Waals surface area contributed by atoms with Crippen molar-refractivity contribution in [1.82, 2.24) is 19.7 Å². The maximum atomic E-state index is 10.8. The fourth-order valence-corrected chi connectivity index (χ4v) is 1.84. The van der Waals surface area contributed by atoms with E-state index in [2.05, 4.69) is 15.1 Å². The van der Waals surface area contributed by atoms with Gasteiger partial charge in [-0.05, 0) is 19.3 Å². The van der Waals surface area contributed by atoms with Crippen molar-refractivity contribution >= 4 is 17.0 Å². The predicted molar refractivity (Wildman–Crippen MR) is 55.2 cm³/mol. The van der Waals surface area contributed by atoms with Crippen molar-refractivity contribution in [3.8, 4) is 0 Å². The molecule has 1 N–H and O–H groups in total. The van der Waals surface area contributed by atoms with E-state index < -0.39 is 5.97 Å². The van der Waals surface area contributed by atoms with Crippen molar-refractivity contribution in [2.45, 2.75) is 25.3 Å². The summed E-state index contributed by atoms with van der Waals surface area (Å²) < 4.78 is 1.81. The molecule has 1 aliphatic carbocycles. The van der Waals surface area contributed by atoms with E-state index in [1.807, 2.05) is 4.68 Å². The van der Waals surface area contributed by atoms with Gasteiger partial charge in [0.25, 0.3) is 0 Å². The minimum absolute atomic E-state index is 0.173. The maximum absolute atomic E-state index is 10.8. The van der Waals surface area contributed by atoms with Crippen LogP contribution in [0.1, 0.15) is 35.9 Å². The Hall–Kier alpha value is -1.98.